The van der Waals surface area contributed by atoms with Crippen molar-refractivity contribution in [3.8, 4) is 6.07 Å². The number of pyridine rings is 1. The van der Waals surface area contributed by atoms with Crippen molar-refractivity contribution in [2.75, 3.05) is 6.61 Å². The predicted molar refractivity (Wildman–Crippen MR) is 98.8 cm³/mol. The van der Waals surface area contributed by atoms with Crippen molar-refractivity contribution >= 4 is 11.9 Å². The van der Waals surface area contributed by atoms with Crippen LogP contribution in [0.15, 0.2) is 29.1 Å². The van der Waals surface area contributed by atoms with E-state index >= 15 is 0 Å². The smallest absolute Gasteiger partial charge is 0.306 e. The fourth-order valence-corrected chi connectivity index (χ4v) is 2.72. The fraction of sp³-hybridized carbons (Fsp3) is 0.300. The molecule has 2 aromatic rings. The van der Waals surface area contributed by atoms with Crippen molar-refractivity contribution < 1.29 is 18.7 Å². The minimum atomic E-state index is -0.569. The summed E-state index contributed by atoms with van der Waals surface area (Å²) in [5.41, 5.74) is 2.11. The van der Waals surface area contributed by atoms with Gasteiger partial charge in [0, 0.05) is 18.7 Å². The van der Waals surface area contributed by atoms with Crippen molar-refractivity contribution in [1.29, 1.82) is 5.26 Å². The van der Waals surface area contributed by atoms with Crippen LogP contribution in [0, 0.1) is 31.0 Å². The normalized spacial score (nSPS) is 10.2. The maximum absolute atomic E-state index is 12.8. The number of rotatable bonds is 7. The van der Waals surface area contributed by atoms with Gasteiger partial charge >= 0.3 is 5.97 Å². The van der Waals surface area contributed by atoms with Gasteiger partial charge in [-0.05, 0) is 49.1 Å². The topological polar surface area (TPSA) is 112 Å². The lowest BCUT2D eigenvalue weighted by Gasteiger charge is -2.11. The largest absolute Gasteiger partial charge is 0.456 e. The van der Waals surface area contributed by atoms with Gasteiger partial charge in [0.15, 0.2) is 6.61 Å². The number of carbonyl (C=O) groups is 2. The molecule has 28 heavy (non-hydrogen) atoms. The number of aromatic amines is 1. The lowest BCUT2D eigenvalue weighted by atomic mass is 9.99. The molecule has 0 spiro atoms. The van der Waals surface area contributed by atoms with Crippen LogP contribution in [0.2, 0.25) is 0 Å². The quantitative estimate of drug-likeness (QED) is 0.706. The molecule has 0 unspecified atom stereocenters. The number of carbonyl (C=O) groups excluding carboxylic acids is 2. The van der Waals surface area contributed by atoms with Crippen LogP contribution in [0.1, 0.15) is 34.4 Å². The number of aryl methyl sites for hydroxylation is 1. The van der Waals surface area contributed by atoms with Gasteiger partial charge in [-0.15, -0.1) is 0 Å². The van der Waals surface area contributed by atoms with Gasteiger partial charge < -0.3 is 15.0 Å². The van der Waals surface area contributed by atoms with E-state index in [9.17, 15) is 18.8 Å². The van der Waals surface area contributed by atoms with Gasteiger partial charge in [-0.3, -0.25) is 14.4 Å². The molecule has 2 N–H and O–H groups in total. The Balaban J connectivity index is 1.81. The van der Waals surface area contributed by atoms with Crippen molar-refractivity contribution in [2.45, 2.75) is 33.2 Å². The Morgan fingerprint density at radius 3 is 2.57 bits per heavy atom. The van der Waals surface area contributed by atoms with Gasteiger partial charge in [0.2, 0.25) is 0 Å². The number of hydrogen-bond donors (Lipinski definition) is 2. The van der Waals surface area contributed by atoms with Crippen molar-refractivity contribution in [3.63, 3.8) is 0 Å². The highest BCUT2D eigenvalue weighted by Gasteiger charge is 2.14. The van der Waals surface area contributed by atoms with Gasteiger partial charge in [0.1, 0.15) is 17.4 Å². The first-order valence-electron chi connectivity index (χ1n) is 8.61. The molecule has 0 atom stereocenters. The second kappa shape index (κ2) is 9.46. The third-order valence-electron chi connectivity index (χ3n) is 4.27. The summed E-state index contributed by atoms with van der Waals surface area (Å²) in [7, 11) is 0. The lowest BCUT2D eigenvalue weighted by molar-refractivity contribution is -0.148. The SMILES string of the molecule is Cc1[nH]c(=O)c(C#N)c(C)c1CCC(=O)OCC(=O)NCc1ccc(F)cc1. The van der Waals surface area contributed by atoms with Crippen LogP contribution in [-0.2, 0) is 27.3 Å². The molecule has 0 saturated carbocycles. The third kappa shape index (κ3) is 5.51. The van der Waals surface area contributed by atoms with Crippen molar-refractivity contribution in [2.24, 2.45) is 0 Å². The molecule has 1 aromatic carbocycles. The first kappa shape index (κ1) is 20.8. The molecular weight excluding hydrogens is 365 g/mol. The Morgan fingerprint density at radius 2 is 1.93 bits per heavy atom. The summed E-state index contributed by atoms with van der Waals surface area (Å²) in [6, 6.07) is 7.53. The summed E-state index contributed by atoms with van der Waals surface area (Å²) >= 11 is 0. The summed E-state index contributed by atoms with van der Waals surface area (Å²) in [5.74, 6) is -1.40. The van der Waals surface area contributed by atoms with E-state index in [-0.39, 0.29) is 30.8 Å². The standard InChI is InChI=1S/C20H20FN3O4/c1-12-16(13(2)24-20(27)17(12)9-22)7-8-19(26)28-11-18(25)23-10-14-3-5-15(21)6-4-14/h3-6H,7-8,10-11H2,1-2H3,(H,23,25)(H,24,27). The maximum Gasteiger partial charge on any atom is 0.306 e. The van der Waals surface area contributed by atoms with Gasteiger partial charge in [-0.1, -0.05) is 12.1 Å². The number of hydrogen-bond acceptors (Lipinski definition) is 5. The number of halogens is 1. The highest BCUT2D eigenvalue weighted by molar-refractivity contribution is 5.80. The molecule has 0 bridgehead atoms. The Labute approximate surface area is 161 Å². The van der Waals surface area contributed by atoms with Crippen LogP contribution in [0.25, 0.3) is 0 Å². The average Bonchev–Trinajstić information content (AvgIpc) is 2.65. The lowest BCUT2D eigenvalue weighted by Crippen LogP contribution is -2.28. The number of benzene rings is 1. The molecule has 146 valence electrons. The molecule has 0 aliphatic heterocycles. The Kier molecular flexibility index (Phi) is 7.04. The molecule has 7 nitrogen and oxygen atoms in total. The van der Waals surface area contributed by atoms with Crippen LogP contribution >= 0.6 is 0 Å². The van der Waals surface area contributed by atoms with E-state index in [1.165, 1.54) is 12.1 Å². The summed E-state index contributed by atoms with van der Waals surface area (Å²) in [6.07, 6.45) is 0.281. The monoisotopic (exact) mass is 385 g/mol. The number of nitrogens with one attached hydrogen (secondary N) is 2. The molecule has 0 aliphatic rings. The molecule has 1 amide bonds. The molecule has 0 radical (unpaired) electrons. The van der Waals surface area contributed by atoms with Crippen LogP contribution in [0.5, 0.6) is 0 Å². The maximum atomic E-state index is 12.8. The highest BCUT2D eigenvalue weighted by atomic mass is 19.1. The van der Waals surface area contributed by atoms with Crippen LogP contribution in [0.4, 0.5) is 4.39 Å². The summed E-state index contributed by atoms with van der Waals surface area (Å²) in [6.45, 7) is 3.12. The highest BCUT2D eigenvalue weighted by Crippen LogP contribution is 2.15. The van der Waals surface area contributed by atoms with E-state index in [0.717, 1.165) is 5.56 Å². The second-order valence-electron chi connectivity index (χ2n) is 6.23. The van der Waals surface area contributed by atoms with Crippen LogP contribution in [-0.4, -0.2) is 23.5 Å². The molecule has 2 rings (SSSR count). The molecule has 0 fully saturated rings. The Morgan fingerprint density at radius 1 is 1.25 bits per heavy atom. The van der Waals surface area contributed by atoms with Gasteiger partial charge in [-0.25, -0.2) is 4.39 Å². The molecular formula is C20H20FN3O4. The number of amides is 1. The summed E-state index contributed by atoms with van der Waals surface area (Å²) in [5, 5.41) is 11.6. The number of ether oxygens (including phenoxy) is 1. The predicted octanol–water partition coefficient (Wildman–Crippen LogP) is 1.79. The van der Waals surface area contributed by atoms with Gasteiger partial charge in [0.25, 0.3) is 11.5 Å². The Hall–Kier alpha value is -3.47. The fourth-order valence-electron chi connectivity index (χ4n) is 2.72. The van der Waals surface area contributed by atoms with Crippen molar-refractivity contribution in [3.05, 3.63) is 68.4 Å². The van der Waals surface area contributed by atoms with E-state index in [4.69, 9.17) is 10.00 Å². The van der Waals surface area contributed by atoms with Crippen molar-refractivity contribution in [1.82, 2.24) is 10.3 Å². The molecule has 0 saturated heterocycles. The third-order valence-corrected chi connectivity index (χ3v) is 4.27. The van der Waals surface area contributed by atoms with Gasteiger partial charge in [-0.2, -0.15) is 5.26 Å². The molecule has 1 heterocycles. The molecule has 1 aromatic heterocycles. The Bertz CT molecular complexity index is 975. The minimum absolute atomic E-state index is 0.00380. The summed E-state index contributed by atoms with van der Waals surface area (Å²) < 4.78 is 17.8. The zero-order valence-electron chi connectivity index (χ0n) is 15.6. The van der Waals surface area contributed by atoms with E-state index in [0.29, 0.717) is 16.8 Å². The zero-order valence-corrected chi connectivity index (χ0v) is 15.6. The molecule has 8 heteroatoms. The van der Waals surface area contributed by atoms with E-state index < -0.39 is 24.0 Å². The summed E-state index contributed by atoms with van der Waals surface area (Å²) in [4.78, 5) is 37.9. The van der Waals surface area contributed by atoms with E-state index in [1.54, 1.807) is 26.0 Å². The number of aromatic nitrogens is 1. The zero-order chi connectivity index (χ0) is 20.7. The number of esters is 1. The molecule has 0 aliphatic carbocycles. The number of H-pyrrole nitrogens is 1. The van der Waals surface area contributed by atoms with Crippen LogP contribution in [0.3, 0.4) is 0 Å². The average molecular weight is 385 g/mol. The first-order valence-corrected chi connectivity index (χ1v) is 8.61. The minimum Gasteiger partial charge on any atom is -0.456 e. The van der Waals surface area contributed by atoms with E-state index in [2.05, 4.69) is 10.3 Å². The van der Waals surface area contributed by atoms with Gasteiger partial charge in [0.05, 0.1) is 0 Å². The van der Waals surface area contributed by atoms with E-state index in [1.807, 2.05) is 6.07 Å². The first-order chi connectivity index (χ1) is 13.3. The number of nitrogens with zero attached hydrogens (tertiary/aromatic N) is 1. The van der Waals surface area contributed by atoms with Crippen LogP contribution < -0.4 is 10.9 Å². The number of nitriles is 1. The second-order valence-corrected chi connectivity index (χ2v) is 6.23.